The summed E-state index contributed by atoms with van der Waals surface area (Å²) in [5, 5.41) is 0. The highest BCUT2D eigenvalue weighted by Crippen LogP contribution is 2.27. The van der Waals surface area contributed by atoms with E-state index in [4.69, 9.17) is 10.5 Å². The Bertz CT molecular complexity index is 407. The molecular weight excluding hydrogens is 309 g/mol. The van der Waals surface area contributed by atoms with Crippen molar-refractivity contribution in [1.29, 1.82) is 0 Å². The smallest absolute Gasteiger partial charge is 0.126 e. The van der Waals surface area contributed by atoms with E-state index >= 15 is 0 Å². The van der Waals surface area contributed by atoms with E-state index in [9.17, 15) is 4.39 Å². The van der Waals surface area contributed by atoms with Crippen LogP contribution in [0.25, 0.3) is 0 Å². The zero-order valence-electron chi connectivity index (χ0n) is 11.9. The predicted octanol–water partition coefficient (Wildman–Crippen LogP) is 4.05. The van der Waals surface area contributed by atoms with Crippen molar-refractivity contribution in [2.75, 3.05) is 6.61 Å². The number of benzene rings is 1. The van der Waals surface area contributed by atoms with Crippen LogP contribution in [0.5, 0.6) is 0 Å². The summed E-state index contributed by atoms with van der Waals surface area (Å²) in [6.07, 6.45) is 2.13. The molecule has 1 aromatic rings. The van der Waals surface area contributed by atoms with Crippen molar-refractivity contribution in [3.8, 4) is 0 Å². The van der Waals surface area contributed by atoms with Gasteiger partial charge < -0.3 is 10.5 Å². The van der Waals surface area contributed by atoms with Gasteiger partial charge >= 0.3 is 0 Å². The normalized spacial score (nSPS) is 13.6. The summed E-state index contributed by atoms with van der Waals surface area (Å²) in [5.41, 5.74) is 6.56. The second-order valence-electron chi connectivity index (χ2n) is 4.75. The Hall–Kier alpha value is -0.450. The van der Waals surface area contributed by atoms with Crippen molar-refractivity contribution < 1.29 is 9.13 Å². The van der Waals surface area contributed by atoms with Gasteiger partial charge in [-0.25, -0.2) is 4.39 Å². The number of nitrogens with two attached hydrogens (primary N) is 1. The van der Waals surface area contributed by atoms with Crippen LogP contribution in [0, 0.1) is 5.82 Å². The minimum absolute atomic E-state index is 0.212. The first kappa shape index (κ1) is 16.6. The van der Waals surface area contributed by atoms with Gasteiger partial charge in [-0.05, 0) is 49.9 Å². The van der Waals surface area contributed by atoms with E-state index in [2.05, 4.69) is 29.8 Å². The molecule has 0 saturated heterocycles. The quantitative estimate of drug-likeness (QED) is 0.817. The maximum absolute atomic E-state index is 13.8. The van der Waals surface area contributed by atoms with Crippen LogP contribution in [0.2, 0.25) is 0 Å². The Kier molecular flexibility index (Phi) is 6.43. The molecule has 2 nitrogen and oxygen atoms in total. The summed E-state index contributed by atoms with van der Waals surface area (Å²) in [6.45, 7) is 6.72. The van der Waals surface area contributed by atoms with E-state index in [1.165, 1.54) is 6.07 Å². The van der Waals surface area contributed by atoms with Gasteiger partial charge in [0, 0.05) is 17.1 Å². The van der Waals surface area contributed by atoms with Gasteiger partial charge in [0.05, 0.1) is 5.60 Å². The molecule has 1 atom stereocenters. The van der Waals surface area contributed by atoms with Crippen LogP contribution in [0.1, 0.15) is 39.2 Å². The maximum atomic E-state index is 13.8. The molecule has 0 bridgehead atoms. The van der Waals surface area contributed by atoms with Crippen molar-refractivity contribution in [3.63, 3.8) is 0 Å². The Labute approximate surface area is 123 Å². The summed E-state index contributed by atoms with van der Waals surface area (Å²) in [5.74, 6) is -0.212. The summed E-state index contributed by atoms with van der Waals surface area (Å²) >= 11 is 3.36. The number of hydrogen-bond acceptors (Lipinski definition) is 2. The predicted molar refractivity (Wildman–Crippen MR) is 80.7 cm³/mol. The van der Waals surface area contributed by atoms with Gasteiger partial charge in [-0.3, -0.25) is 0 Å². The number of ether oxygens (including phenoxy) is 1. The minimum Gasteiger partial charge on any atom is -0.374 e. The average Bonchev–Trinajstić information content (AvgIpc) is 2.40. The third-order valence-corrected chi connectivity index (χ3v) is 4.25. The van der Waals surface area contributed by atoms with Crippen LogP contribution >= 0.6 is 15.9 Å². The molecule has 0 fully saturated rings. The first-order chi connectivity index (χ1) is 8.99. The average molecular weight is 332 g/mol. The van der Waals surface area contributed by atoms with Gasteiger partial charge in [-0.2, -0.15) is 0 Å². The van der Waals surface area contributed by atoms with Crippen molar-refractivity contribution in [2.24, 2.45) is 5.73 Å². The standard InChI is InChI=1S/C15H23BrFNO/c1-4-15(5-2,19-6-3)14(18)10-11-9-12(16)7-8-13(11)17/h7-9,14H,4-6,10,18H2,1-3H3. The fraction of sp³-hybridized carbons (Fsp3) is 0.600. The summed E-state index contributed by atoms with van der Waals surface area (Å²) < 4.78 is 20.5. The second-order valence-corrected chi connectivity index (χ2v) is 5.67. The molecule has 108 valence electrons. The van der Waals surface area contributed by atoms with Gasteiger partial charge in [-0.1, -0.05) is 29.8 Å². The third-order valence-electron chi connectivity index (χ3n) is 3.75. The lowest BCUT2D eigenvalue weighted by Gasteiger charge is -2.37. The molecule has 0 radical (unpaired) electrons. The molecule has 0 aromatic heterocycles. The summed E-state index contributed by atoms with van der Waals surface area (Å²) in [7, 11) is 0. The lowest BCUT2D eigenvalue weighted by molar-refractivity contribution is -0.0634. The number of halogens is 2. The second kappa shape index (κ2) is 7.36. The van der Waals surface area contributed by atoms with E-state index in [-0.39, 0.29) is 17.5 Å². The Morgan fingerprint density at radius 2 is 1.95 bits per heavy atom. The Morgan fingerprint density at radius 1 is 1.32 bits per heavy atom. The Balaban J connectivity index is 2.92. The highest BCUT2D eigenvalue weighted by Gasteiger charge is 2.34. The SMILES string of the molecule is CCOC(CC)(CC)C(N)Cc1cc(Br)ccc1F. The molecule has 4 heteroatoms. The Morgan fingerprint density at radius 3 is 2.47 bits per heavy atom. The number of hydrogen-bond donors (Lipinski definition) is 1. The van der Waals surface area contributed by atoms with Crippen molar-refractivity contribution in [3.05, 3.63) is 34.1 Å². The molecule has 0 spiro atoms. The molecule has 2 N–H and O–H groups in total. The first-order valence-corrected chi connectivity index (χ1v) is 7.61. The molecule has 0 amide bonds. The lowest BCUT2D eigenvalue weighted by Crippen LogP contribution is -2.50. The molecule has 1 unspecified atom stereocenters. The third kappa shape index (κ3) is 4.01. The monoisotopic (exact) mass is 331 g/mol. The van der Waals surface area contributed by atoms with Crippen LogP contribution < -0.4 is 5.73 Å². The molecule has 0 aliphatic rings. The topological polar surface area (TPSA) is 35.2 Å². The highest BCUT2D eigenvalue weighted by atomic mass is 79.9. The molecule has 0 saturated carbocycles. The van der Waals surface area contributed by atoms with Crippen molar-refractivity contribution in [2.45, 2.75) is 51.7 Å². The molecular formula is C15H23BrFNO. The summed E-state index contributed by atoms with van der Waals surface area (Å²) in [6, 6.07) is 4.73. The van der Waals surface area contributed by atoms with E-state index < -0.39 is 0 Å². The molecule has 1 rings (SSSR count). The van der Waals surface area contributed by atoms with Gasteiger partial charge in [0.25, 0.3) is 0 Å². The molecule has 0 aliphatic carbocycles. The minimum atomic E-state index is -0.372. The van der Waals surface area contributed by atoms with Crippen molar-refractivity contribution in [1.82, 2.24) is 0 Å². The van der Waals surface area contributed by atoms with Crippen LogP contribution in [0.3, 0.4) is 0 Å². The van der Waals surface area contributed by atoms with E-state index in [0.29, 0.717) is 18.6 Å². The van der Waals surface area contributed by atoms with E-state index in [1.807, 2.05) is 6.92 Å². The zero-order chi connectivity index (χ0) is 14.5. The van der Waals surface area contributed by atoms with E-state index in [0.717, 1.165) is 17.3 Å². The van der Waals surface area contributed by atoms with Crippen molar-refractivity contribution >= 4 is 15.9 Å². The molecule has 1 aromatic carbocycles. The molecule has 0 heterocycles. The van der Waals surface area contributed by atoms with Crippen LogP contribution in [-0.2, 0) is 11.2 Å². The van der Waals surface area contributed by atoms with Crippen LogP contribution in [-0.4, -0.2) is 18.2 Å². The van der Waals surface area contributed by atoms with Crippen LogP contribution in [0.4, 0.5) is 4.39 Å². The fourth-order valence-corrected chi connectivity index (χ4v) is 2.90. The highest BCUT2D eigenvalue weighted by molar-refractivity contribution is 9.10. The van der Waals surface area contributed by atoms with Gasteiger partial charge in [0.2, 0.25) is 0 Å². The van der Waals surface area contributed by atoms with E-state index in [1.54, 1.807) is 12.1 Å². The lowest BCUT2D eigenvalue weighted by atomic mass is 9.85. The number of rotatable bonds is 7. The molecule has 0 aliphatic heterocycles. The van der Waals surface area contributed by atoms with Crippen LogP contribution in [0.15, 0.2) is 22.7 Å². The van der Waals surface area contributed by atoms with Gasteiger partial charge in [-0.15, -0.1) is 0 Å². The summed E-state index contributed by atoms with van der Waals surface area (Å²) in [4.78, 5) is 0. The van der Waals surface area contributed by atoms with Gasteiger partial charge in [0.15, 0.2) is 0 Å². The maximum Gasteiger partial charge on any atom is 0.126 e. The fourth-order valence-electron chi connectivity index (χ4n) is 2.50. The zero-order valence-corrected chi connectivity index (χ0v) is 13.5. The molecule has 19 heavy (non-hydrogen) atoms. The largest absolute Gasteiger partial charge is 0.374 e. The first-order valence-electron chi connectivity index (χ1n) is 6.82. The van der Waals surface area contributed by atoms with Gasteiger partial charge in [0.1, 0.15) is 5.82 Å².